The van der Waals surface area contributed by atoms with Gasteiger partial charge in [0.25, 0.3) is 0 Å². The average molecular weight is 283 g/mol. The second-order valence-corrected chi connectivity index (χ2v) is 6.02. The van der Waals surface area contributed by atoms with Crippen LogP contribution in [0.3, 0.4) is 0 Å². The van der Waals surface area contributed by atoms with Crippen molar-refractivity contribution in [1.82, 2.24) is 0 Å². The Morgan fingerprint density at radius 1 is 1.21 bits per heavy atom. The highest BCUT2D eigenvalue weighted by atomic mass is 35.5. The van der Waals surface area contributed by atoms with Crippen LogP contribution >= 0.6 is 11.6 Å². The summed E-state index contributed by atoms with van der Waals surface area (Å²) in [5.74, 6) is 1.80. The minimum atomic E-state index is 0.0962. The summed E-state index contributed by atoms with van der Waals surface area (Å²) >= 11 is 6.30. The lowest BCUT2D eigenvalue weighted by atomic mass is 9.65. The lowest BCUT2D eigenvalue weighted by Gasteiger charge is -2.50. The molecule has 0 heterocycles. The Bertz CT molecular complexity index is 404. The van der Waals surface area contributed by atoms with Crippen molar-refractivity contribution in [3.05, 3.63) is 24.3 Å². The second-order valence-electron chi connectivity index (χ2n) is 5.49. The zero-order valence-electron chi connectivity index (χ0n) is 12.0. The normalized spacial score (nSPS) is 29.7. The fraction of sp³-hybridized carbons (Fsp3) is 0.625. The van der Waals surface area contributed by atoms with Gasteiger partial charge in [0.2, 0.25) is 0 Å². The van der Waals surface area contributed by atoms with Crippen LogP contribution in [0, 0.1) is 5.41 Å². The van der Waals surface area contributed by atoms with Crippen LogP contribution < -0.4 is 9.47 Å². The molecule has 1 aromatic rings. The van der Waals surface area contributed by atoms with E-state index in [1.54, 1.807) is 0 Å². The largest absolute Gasteiger partial charge is 0.494 e. The minimum absolute atomic E-state index is 0.0962. The van der Waals surface area contributed by atoms with Crippen molar-refractivity contribution in [3.8, 4) is 11.5 Å². The molecule has 1 saturated carbocycles. The molecule has 2 rings (SSSR count). The van der Waals surface area contributed by atoms with Crippen molar-refractivity contribution in [2.45, 2.75) is 51.5 Å². The zero-order chi connectivity index (χ0) is 13.9. The van der Waals surface area contributed by atoms with Crippen LogP contribution in [0.25, 0.3) is 0 Å². The maximum Gasteiger partial charge on any atom is 0.120 e. The van der Waals surface area contributed by atoms with Gasteiger partial charge >= 0.3 is 0 Å². The number of benzene rings is 1. The number of hydrogen-bond acceptors (Lipinski definition) is 2. The van der Waals surface area contributed by atoms with Crippen LogP contribution in [0.15, 0.2) is 24.3 Å². The summed E-state index contributed by atoms with van der Waals surface area (Å²) in [5.41, 5.74) is 0.0962. The van der Waals surface area contributed by atoms with Gasteiger partial charge in [0.15, 0.2) is 0 Å². The summed E-state index contributed by atoms with van der Waals surface area (Å²) < 4.78 is 11.6. The number of rotatable bonds is 6. The van der Waals surface area contributed by atoms with E-state index in [9.17, 15) is 0 Å². The number of halogens is 1. The summed E-state index contributed by atoms with van der Waals surface area (Å²) in [4.78, 5) is 0. The first-order valence-electron chi connectivity index (χ1n) is 7.13. The highest BCUT2D eigenvalue weighted by molar-refractivity contribution is 6.21. The van der Waals surface area contributed by atoms with Crippen LogP contribution in [0.5, 0.6) is 11.5 Å². The number of alkyl halides is 1. The highest BCUT2D eigenvalue weighted by Crippen LogP contribution is 2.49. The summed E-state index contributed by atoms with van der Waals surface area (Å²) in [6, 6.07) is 7.88. The minimum Gasteiger partial charge on any atom is -0.494 e. The summed E-state index contributed by atoms with van der Waals surface area (Å²) in [7, 11) is 0. The SMILES string of the molecule is CCCOc1ccc(OC2CC(Cl)C2(C)CC)cc1. The molecule has 1 aliphatic rings. The van der Waals surface area contributed by atoms with E-state index in [0.717, 1.165) is 37.4 Å². The van der Waals surface area contributed by atoms with Gasteiger partial charge in [0, 0.05) is 17.2 Å². The van der Waals surface area contributed by atoms with Crippen LogP contribution in [-0.4, -0.2) is 18.1 Å². The lowest BCUT2D eigenvalue weighted by molar-refractivity contribution is -0.0295. The Kier molecular flexibility index (Phi) is 4.62. The van der Waals surface area contributed by atoms with Crippen molar-refractivity contribution in [2.75, 3.05) is 6.61 Å². The van der Waals surface area contributed by atoms with E-state index >= 15 is 0 Å². The van der Waals surface area contributed by atoms with Crippen LogP contribution in [0.4, 0.5) is 0 Å². The van der Waals surface area contributed by atoms with E-state index in [1.165, 1.54) is 0 Å². The van der Waals surface area contributed by atoms with Gasteiger partial charge in [-0.25, -0.2) is 0 Å². The lowest BCUT2D eigenvalue weighted by Crippen LogP contribution is -2.55. The number of ether oxygens (including phenoxy) is 2. The summed E-state index contributed by atoms with van der Waals surface area (Å²) in [5, 5.41) is 0.231. The summed E-state index contributed by atoms with van der Waals surface area (Å²) in [6.07, 6.45) is 3.22. The van der Waals surface area contributed by atoms with Crippen molar-refractivity contribution in [3.63, 3.8) is 0 Å². The van der Waals surface area contributed by atoms with E-state index in [-0.39, 0.29) is 16.9 Å². The van der Waals surface area contributed by atoms with Gasteiger partial charge in [-0.3, -0.25) is 0 Å². The first kappa shape index (κ1) is 14.5. The molecule has 106 valence electrons. The molecular weight excluding hydrogens is 260 g/mol. The Morgan fingerprint density at radius 3 is 2.37 bits per heavy atom. The smallest absolute Gasteiger partial charge is 0.120 e. The molecule has 0 aliphatic heterocycles. The maximum absolute atomic E-state index is 6.30. The van der Waals surface area contributed by atoms with E-state index in [4.69, 9.17) is 21.1 Å². The van der Waals surface area contributed by atoms with Gasteiger partial charge < -0.3 is 9.47 Å². The molecule has 3 atom stereocenters. The van der Waals surface area contributed by atoms with E-state index in [0.29, 0.717) is 0 Å². The summed E-state index contributed by atoms with van der Waals surface area (Å²) in [6.45, 7) is 7.23. The fourth-order valence-corrected chi connectivity index (χ4v) is 2.85. The monoisotopic (exact) mass is 282 g/mol. The first-order chi connectivity index (χ1) is 9.10. The molecule has 19 heavy (non-hydrogen) atoms. The second kappa shape index (κ2) is 6.04. The molecular formula is C16H23ClO2. The van der Waals surface area contributed by atoms with Crippen molar-refractivity contribution >= 4 is 11.6 Å². The van der Waals surface area contributed by atoms with E-state index in [1.807, 2.05) is 24.3 Å². The predicted molar refractivity (Wildman–Crippen MR) is 79.3 cm³/mol. The molecule has 2 nitrogen and oxygen atoms in total. The van der Waals surface area contributed by atoms with Gasteiger partial charge in [-0.15, -0.1) is 11.6 Å². The predicted octanol–water partition coefficient (Wildman–Crippen LogP) is 4.65. The Balaban J connectivity index is 1.93. The van der Waals surface area contributed by atoms with Crippen molar-refractivity contribution in [1.29, 1.82) is 0 Å². The average Bonchev–Trinajstić information content (AvgIpc) is 2.45. The Labute approximate surface area is 121 Å². The molecule has 3 unspecified atom stereocenters. The third kappa shape index (κ3) is 3.00. The maximum atomic E-state index is 6.30. The molecule has 3 heteroatoms. The Morgan fingerprint density at radius 2 is 1.84 bits per heavy atom. The van der Waals surface area contributed by atoms with Gasteiger partial charge in [0.1, 0.15) is 17.6 Å². The molecule has 0 amide bonds. The van der Waals surface area contributed by atoms with Gasteiger partial charge in [0.05, 0.1) is 6.61 Å². The third-order valence-electron chi connectivity index (χ3n) is 4.21. The van der Waals surface area contributed by atoms with Gasteiger partial charge in [-0.1, -0.05) is 20.8 Å². The standard InChI is InChI=1S/C16H23ClO2/c1-4-10-18-12-6-8-13(9-7-12)19-15-11-14(17)16(15,3)5-2/h6-9,14-15H,4-5,10-11H2,1-3H3. The number of hydrogen-bond donors (Lipinski definition) is 0. The molecule has 0 saturated heterocycles. The first-order valence-corrected chi connectivity index (χ1v) is 7.57. The topological polar surface area (TPSA) is 18.5 Å². The van der Waals surface area contributed by atoms with Crippen LogP contribution in [0.1, 0.15) is 40.0 Å². The van der Waals surface area contributed by atoms with Crippen LogP contribution in [0.2, 0.25) is 0 Å². The highest BCUT2D eigenvalue weighted by Gasteiger charge is 2.51. The Hall–Kier alpha value is -0.890. The molecule has 0 radical (unpaired) electrons. The zero-order valence-corrected chi connectivity index (χ0v) is 12.7. The molecule has 1 aromatic carbocycles. The molecule has 1 aliphatic carbocycles. The fourth-order valence-electron chi connectivity index (χ4n) is 2.40. The van der Waals surface area contributed by atoms with E-state index in [2.05, 4.69) is 20.8 Å². The molecule has 0 spiro atoms. The molecule has 0 N–H and O–H groups in total. The van der Waals surface area contributed by atoms with E-state index < -0.39 is 0 Å². The molecule has 0 aromatic heterocycles. The van der Waals surface area contributed by atoms with Crippen LogP contribution in [-0.2, 0) is 0 Å². The third-order valence-corrected chi connectivity index (χ3v) is 4.89. The van der Waals surface area contributed by atoms with Crippen molar-refractivity contribution in [2.24, 2.45) is 5.41 Å². The molecule has 1 fully saturated rings. The molecule has 0 bridgehead atoms. The van der Waals surface area contributed by atoms with Gasteiger partial charge in [-0.2, -0.15) is 0 Å². The van der Waals surface area contributed by atoms with Crippen molar-refractivity contribution < 1.29 is 9.47 Å². The van der Waals surface area contributed by atoms with Gasteiger partial charge in [-0.05, 0) is 37.1 Å². The quantitative estimate of drug-likeness (QED) is 0.707.